The minimum Gasteiger partial charge on any atom is -0.393 e. The number of aliphatic hydroxyl groups excluding tert-OH is 1. The van der Waals surface area contributed by atoms with E-state index in [1.807, 2.05) is 19.1 Å². The van der Waals surface area contributed by atoms with E-state index in [1.165, 1.54) is 4.31 Å². The fourth-order valence-corrected chi connectivity index (χ4v) is 5.04. The monoisotopic (exact) mass is 310 g/mol. The Hall–Kier alpha value is -0.950. The van der Waals surface area contributed by atoms with Crippen molar-refractivity contribution in [1.82, 2.24) is 9.62 Å². The van der Waals surface area contributed by atoms with Crippen molar-refractivity contribution in [1.29, 1.82) is 0 Å². The summed E-state index contributed by atoms with van der Waals surface area (Å²) in [4.78, 5) is 0.449. The van der Waals surface area contributed by atoms with Gasteiger partial charge in [0, 0.05) is 19.6 Å². The van der Waals surface area contributed by atoms with Crippen LogP contribution in [0.2, 0.25) is 0 Å². The fraction of sp³-hybridized carbons (Fsp3) is 0.600. The fourth-order valence-electron chi connectivity index (χ4n) is 3.19. The lowest BCUT2D eigenvalue weighted by molar-refractivity contribution is 0.0628. The zero-order valence-corrected chi connectivity index (χ0v) is 13.1. The van der Waals surface area contributed by atoms with Gasteiger partial charge >= 0.3 is 0 Å². The third-order valence-electron chi connectivity index (χ3n) is 4.54. The molecule has 1 fully saturated rings. The molecule has 2 N–H and O–H groups in total. The predicted octanol–water partition coefficient (Wildman–Crippen LogP) is 0.724. The summed E-state index contributed by atoms with van der Waals surface area (Å²) in [5, 5.41) is 13.1. The Bertz CT molecular complexity index is 630. The van der Waals surface area contributed by atoms with Crippen LogP contribution in [-0.4, -0.2) is 43.6 Å². The predicted molar refractivity (Wildman–Crippen MR) is 80.4 cm³/mol. The number of nitrogens with zero attached hydrogens (tertiary/aromatic N) is 1. The summed E-state index contributed by atoms with van der Waals surface area (Å²) in [5.74, 6) is -0.0188. The highest BCUT2D eigenvalue weighted by Crippen LogP contribution is 2.28. The minimum absolute atomic E-state index is 0.0188. The number of aliphatic hydroxyl groups is 1. The van der Waals surface area contributed by atoms with Gasteiger partial charge in [-0.3, -0.25) is 0 Å². The average molecular weight is 310 g/mol. The maximum Gasteiger partial charge on any atom is 0.243 e. The number of nitrogens with one attached hydrogen (secondary N) is 1. The van der Waals surface area contributed by atoms with Crippen molar-refractivity contribution in [2.45, 2.75) is 37.3 Å². The molecule has 0 aliphatic carbocycles. The summed E-state index contributed by atoms with van der Waals surface area (Å²) in [5.41, 5.74) is 2.03. The Kier molecular flexibility index (Phi) is 4.05. The van der Waals surface area contributed by atoms with Gasteiger partial charge in [-0.05, 0) is 42.5 Å². The summed E-state index contributed by atoms with van der Waals surface area (Å²) in [6.07, 6.45) is 0.860. The summed E-state index contributed by atoms with van der Waals surface area (Å²) in [7, 11) is -3.47. The Morgan fingerprint density at radius 2 is 2.19 bits per heavy atom. The summed E-state index contributed by atoms with van der Waals surface area (Å²) in [6, 6.07) is 5.53. The molecule has 1 aromatic rings. The van der Waals surface area contributed by atoms with E-state index < -0.39 is 16.1 Å². The lowest BCUT2D eigenvalue weighted by atomic mass is 9.99. The van der Waals surface area contributed by atoms with E-state index in [2.05, 4.69) is 5.32 Å². The lowest BCUT2D eigenvalue weighted by Crippen LogP contribution is -2.45. The molecule has 0 radical (unpaired) electrons. The van der Waals surface area contributed by atoms with E-state index in [0.29, 0.717) is 24.4 Å². The van der Waals surface area contributed by atoms with Gasteiger partial charge in [0.15, 0.2) is 0 Å². The Balaban J connectivity index is 1.96. The highest BCUT2D eigenvalue weighted by Gasteiger charge is 2.34. The van der Waals surface area contributed by atoms with Crippen molar-refractivity contribution in [3.8, 4) is 0 Å². The molecule has 21 heavy (non-hydrogen) atoms. The molecule has 2 aliphatic rings. The van der Waals surface area contributed by atoms with Gasteiger partial charge in [0.1, 0.15) is 0 Å². The van der Waals surface area contributed by atoms with Gasteiger partial charge < -0.3 is 10.4 Å². The van der Waals surface area contributed by atoms with E-state index in [0.717, 1.165) is 30.6 Å². The molecule has 0 saturated carbocycles. The van der Waals surface area contributed by atoms with Gasteiger partial charge in [0.05, 0.1) is 11.0 Å². The number of hydrogen-bond donors (Lipinski definition) is 2. The van der Waals surface area contributed by atoms with E-state index in [-0.39, 0.29) is 5.92 Å². The first-order valence-corrected chi connectivity index (χ1v) is 8.94. The maximum absolute atomic E-state index is 12.9. The topological polar surface area (TPSA) is 69.6 Å². The number of fused-ring (bicyclic) bond motifs is 1. The van der Waals surface area contributed by atoms with Crippen molar-refractivity contribution in [2.24, 2.45) is 5.92 Å². The van der Waals surface area contributed by atoms with Crippen LogP contribution in [0.5, 0.6) is 0 Å². The van der Waals surface area contributed by atoms with E-state index in [1.54, 1.807) is 6.07 Å². The largest absolute Gasteiger partial charge is 0.393 e. The molecule has 2 heterocycles. The van der Waals surface area contributed by atoms with Crippen LogP contribution < -0.4 is 5.32 Å². The van der Waals surface area contributed by atoms with Crippen LogP contribution in [0.3, 0.4) is 0 Å². The second kappa shape index (κ2) is 5.68. The molecule has 2 unspecified atom stereocenters. The zero-order chi connectivity index (χ0) is 15.0. The molecule has 0 aromatic heterocycles. The third-order valence-corrected chi connectivity index (χ3v) is 6.49. The van der Waals surface area contributed by atoms with Crippen LogP contribution in [0.15, 0.2) is 23.1 Å². The van der Waals surface area contributed by atoms with Crippen molar-refractivity contribution in [3.63, 3.8) is 0 Å². The van der Waals surface area contributed by atoms with Gasteiger partial charge in [-0.1, -0.05) is 19.1 Å². The molecule has 3 rings (SSSR count). The Labute approximate surface area is 126 Å². The Morgan fingerprint density at radius 3 is 2.95 bits per heavy atom. The molecular formula is C15H22N2O3S. The van der Waals surface area contributed by atoms with E-state index >= 15 is 0 Å². The normalized spacial score (nSPS) is 27.3. The second-order valence-corrected chi connectivity index (χ2v) is 7.92. The molecule has 0 amide bonds. The first-order valence-electron chi connectivity index (χ1n) is 7.50. The van der Waals surface area contributed by atoms with Crippen LogP contribution in [0.4, 0.5) is 0 Å². The zero-order valence-electron chi connectivity index (χ0n) is 12.2. The van der Waals surface area contributed by atoms with Crippen LogP contribution >= 0.6 is 0 Å². The molecule has 116 valence electrons. The third kappa shape index (κ3) is 2.73. The van der Waals surface area contributed by atoms with Gasteiger partial charge in [-0.25, -0.2) is 8.42 Å². The average Bonchev–Trinajstić information content (AvgIpc) is 2.49. The van der Waals surface area contributed by atoms with Crippen molar-refractivity contribution in [3.05, 3.63) is 29.3 Å². The molecule has 1 saturated heterocycles. The number of rotatable bonds is 2. The molecule has 0 spiro atoms. The summed E-state index contributed by atoms with van der Waals surface area (Å²) < 4.78 is 27.4. The summed E-state index contributed by atoms with van der Waals surface area (Å²) >= 11 is 0. The van der Waals surface area contributed by atoms with Crippen LogP contribution in [0.25, 0.3) is 0 Å². The molecule has 5 nitrogen and oxygen atoms in total. The molecule has 2 aliphatic heterocycles. The van der Waals surface area contributed by atoms with Crippen LogP contribution in [0.1, 0.15) is 24.5 Å². The molecular weight excluding hydrogens is 288 g/mol. The van der Waals surface area contributed by atoms with Gasteiger partial charge in [-0.2, -0.15) is 4.31 Å². The smallest absolute Gasteiger partial charge is 0.243 e. The highest BCUT2D eigenvalue weighted by molar-refractivity contribution is 7.89. The summed E-state index contributed by atoms with van der Waals surface area (Å²) in [6.45, 7) is 4.24. The van der Waals surface area contributed by atoms with E-state index in [4.69, 9.17) is 0 Å². The van der Waals surface area contributed by atoms with Crippen molar-refractivity contribution in [2.75, 3.05) is 19.6 Å². The molecule has 6 heteroatoms. The Morgan fingerprint density at radius 1 is 1.38 bits per heavy atom. The van der Waals surface area contributed by atoms with Crippen LogP contribution in [-0.2, 0) is 23.0 Å². The molecule has 2 atom stereocenters. The van der Waals surface area contributed by atoms with Crippen molar-refractivity contribution < 1.29 is 13.5 Å². The minimum atomic E-state index is -3.47. The number of benzene rings is 1. The number of hydrogen-bond acceptors (Lipinski definition) is 4. The first-order chi connectivity index (χ1) is 10.00. The SMILES string of the molecule is CC1CN(S(=O)(=O)c2cccc3c2CCNC3)CCC1O. The maximum atomic E-state index is 12.9. The van der Waals surface area contributed by atoms with E-state index in [9.17, 15) is 13.5 Å². The molecule has 1 aromatic carbocycles. The second-order valence-electron chi connectivity index (χ2n) is 6.02. The quantitative estimate of drug-likeness (QED) is 0.845. The first kappa shape index (κ1) is 15.0. The molecule has 0 bridgehead atoms. The van der Waals surface area contributed by atoms with Gasteiger partial charge in [0.25, 0.3) is 0 Å². The van der Waals surface area contributed by atoms with Crippen molar-refractivity contribution >= 4 is 10.0 Å². The number of piperidine rings is 1. The van der Waals surface area contributed by atoms with Gasteiger partial charge in [0.2, 0.25) is 10.0 Å². The van der Waals surface area contributed by atoms with Gasteiger partial charge in [-0.15, -0.1) is 0 Å². The number of sulfonamides is 1. The van der Waals surface area contributed by atoms with Crippen LogP contribution in [0, 0.1) is 5.92 Å². The highest BCUT2D eigenvalue weighted by atomic mass is 32.2. The lowest BCUT2D eigenvalue weighted by Gasteiger charge is -2.34. The standard InChI is InChI=1S/C15H22N2O3S/c1-11-10-17(8-6-14(11)18)21(19,20)15-4-2-3-12-9-16-7-5-13(12)15/h2-4,11,14,16,18H,5-10H2,1H3.